The molecule has 2 rings (SSSR count). The lowest BCUT2D eigenvalue weighted by molar-refractivity contribution is -0.137. The van der Waals surface area contributed by atoms with Crippen molar-refractivity contribution in [3.05, 3.63) is 53.3 Å². The normalized spacial score (nSPS) is 12.3. The predicted octanol–water partition coefficient (Wildman–Crippen LogP) is 3.70. The summed E-state index contributed by atoms with van der Waals surface area (Å²) in [5.74, 6) is 0.731. The molecule has 8 heteroatoms. The minimum atomic E-state index is -4.31. The van der Waals surface area contributed by atoms with Gasteiger partial charge in [0.2, 0.25) is 0 Å². The maximum atomic E-state index is 12.7. The fraction of sp³-hybridized carbons (Fsp3) is 0.474. The van der Waals surface area contributed by atoms with E-state index in [-0.39, 0.29) is 0 Å². The number of aliphatic imine (C=N–C) groups is 1. The maximum Gasteiger partial charge on any atom is 0.416 e. The van der Waals surface area contributed by atoms with Crippen molar-refractivity contribution in [1.82, 2.24) is 20.0 Å². The number of benzene rings is 1. The van der Waals surface area contributed by atoms with Crippen molar-refractivity contribution < 1.29 is 13.2 Å². The van der Waals surface area contributed by atoms with E-state index in [0.717, 1.165) is 42.2 Å². The van der Waals surface area contributed by atoms with E-state index < -0.39 is 11.7 Å². The van der Waals surface area contributed by atoms with E-state index in [1.165, 1.54) is 12.1 Å². The second kappa shape index (κ2) is 9.43. The first-order chi connectivity index (χ1) is 12.8. The number of nitrogens with one attached hydrogen (secondary N) is 1. The van der Waals surface area contributed by atoms with Crippen LogP contribution in [0.15, 0.2) is 41.7 Å². The second-order valence-electron chi connectivity index (χ2n) is 6.42. The van der Waals surface area contributed by atoms with Crippen LogP contribution in [0.4, 0.5) is 13.2 Å². The third-order valence-electron chi connectivity index (χ3n) is 3.97. The summed E-state index contributed by atoms with van der Waals surface area (Å²) in [6, 6.07) is 5.23. The minimum absolute atomic E-state index is 0.475. The van der Waals surface area contributed by atoms with Crippen molar-refractivity contribution in [1.29, 1.82) is 0 Å². The number of hydrogen-bond donors (Lipinski definition) is 1. The molecule has 1 N–H and O–H groups in total. The lowest BCUT2D eigenvalue weighted by Gasteiger charge is -2.22. The molecule has 0 bridgehead atoms. The molecule has 1 heterocycles. The largest absolute Gasteiger partial charge is 0.416 e. The van der Waals surface area contributed by atoms with Gasteiger partial charge in [0.05, 0.1) is 11.8 Å². The van der Waals surface area contributed by atoms with E-state index in [1.54, 1.807) is 0 Å². The third kappa shape index (κ3) is 6.62. The molecule has 0 aliphatic carbocycles. The first-order valence-electron chi connectivity index (χ1n) is 8.94. The van der Waals surface area contributed by atoms with Gasteiger partial charge in [-0.3, -0.25) is 9.67 Å². The Balaban J connectivity index is 1.91. The Bertz CT molecular complexity index is 735. The van der Waals surface area contributed by atoms with Crippen molar-refractivity contribution in [3.63, 3.8) is 0 Å². The summed E-state index contributed by atoms with van der Waals surface area (Å²) in [5.41, 5.74) is 1.29. The lowest BCUT2D eigenvalue weighted by Crippen LogP contribution is -2.38. The number of aryl methyl sites for hydroxylation is 2. The topological polar surface area (TPSA) is 45.5 Å². The molecule has 0 atom stereocenters. The molecule has 0 fully saturated rings. The molecule has 0 saturated carbocycles. The Hall–Kier alpha value is -2.51. The summed E-state index contributed by atoms with van der Waals surface area (Å²) in [4.78, 5) is 6.51. The molecule has 2 aromatic rings. The van der Waals surface area contributed by atoms with Crippen LogP contribution >= 0.6 is 0 Å². The molecule has 0 aliphatic rings. The Morgan fingerprint density at radius 1 is 1.26 bits per heavy atom. The Kier molecular flexibility index (Phi) is 7.27. The zero-order valence-corrected chi connectivity index (χ0v) is 15.9. The van der Waals surface area contributed by atoms with E-state index in [2.05, 4.69) is 15.4 Å². The molecule has 27 heavy (non-hydrogen) atoms. The quantitative estimate of drug-likeness (QED) is 0.452. The van der Waals surface area contributed by atoms with E-state index >= 15 is 0 Å². The van der Waals surface area contributed by atoms with Gasteiger partial charge in [-0.1, -0.05) is 12.1 Å². The van der Waals surface area contributed by atoms with Gasteiger partial charge < -0.3 is 10.2 Å². The molecular weight excluding hydrogens is 355 g/mol. The number of nitrogens with zero attached hydrogens (tertiary/aromatic N) is 4. The van der Waals surface area contributed by atoms with Crippen LogP contribution in [0.3, 0.4) is 0 Å². The van der Waals surface area contributed by atoms with Crippen LogP contribution in [-0.4, -0.2) is 40.8 Å². The first kappa shape index (κ1) is 20.8. The third-order valence-corrected chi connectivity index (χ3v) is 3.97. The van der Waals surface area contributed by atoms with E-state index in [9.17, 15) is 13.2 Å². The zero-order chi connectivity index (χ0) is 19.9. The Morgan fingerprint density at radius 3 is 2.52 bits per heavy atom. The summed E-state index contributed by atoms with van der Waals surface area (Å²) >= 11 is 0. The smallest absolute Gasteiger partial charge is 0.357 e. The number of halogens is 3. The fourth-order valence-electron chi connectivity index (χ4n) is 2.62. The second-order valence-corrected chi connectivity index (χ2v) is 6.42. The van der Waals surface area contributed by atoms with E-state index in [4.69, 9.17) is 0 Å². The maximum absolute atomic E-state index is 12.7. The van der Waals surface area contributed by atoms with Crippen LogP contribution in [0.2, 0.25) is 0 Å². The van der Waals surface area contributed by atoms with Crippen molar-refractivity contribution in [2.24, 2.45) is 4.99 Å². The van der Waals surface area contributed by atoms with E-state index in [0.29, 0.717) is 19.6 Å². The summed E-state index contributed by atoms with van der Waals surface area (Å²) in [6.45, 7) is 6.60. The van der Waals surface area contributed by atoms with Crippen LogP contribution in [-0.2, 0) is 19.3 Å². The molecular formula is C19H26F3N5. The van der Waals surface area contributed by atoms with Gasteiger partial charge in [-0.15, -0.1) is 0 Å². The standard InChI is InChI=1S/C19H26F3N5/c1-4-23-18(24-10-5-11-27-13-15(2)12-25-27)26(3)14-16-6-8-17(9-7-16)19(20,21)22/h6-9,12-13H,4-5,10-11,14H2,1-3H3,(H,23,24). The van der Waals surface area contributed by atoms with Gasteiger partial charge in [-0.05, 0) is 43.5 Å². The number of aromatic nitrogens is 2. The van der Waals surface area contributed by atoms with Gasteiger partial charge >= 0.3 is 6.18 Å². The molecule has 0 saturated heterocycles. The van der Waals surface area contributed by atoms with Crippen molar-refractivity contribution in [3.8, 4) is 0 Å². The number of hydrogen-bond acceptors (Lipinski definition) is 2. The van der Waals surface area contributed by atoms with Gasteiger partial charge in [0.25, 0.3) is 0 Å². The number of guanidine groups is 1. The van der Waals surface area contributed by atoms with Crippen molar-refractivity contribution in [2.75, 3.05) is 20.1 Å². The molecule has 1 aromatic carbocycles. The highest BCUT2D eigenvalue weighted by Crippen LogP contribution is 2.29. The molecule has 148 valence electrons. The molecule has 0 spiro atoms. The predicted molar refractivity (Wildman–Crippen MR) is 100 cm³/mol. The fourth-order valence-corrected chi connectivity index (χ4v) is 2.62. The van der Waals surface area contributed by atoms with Crippen LogP contribution in [0, 0.1) is 6.92 Å². The number of rotatable bonds is 7. The van der Waals surface area contributed by atoms with E-state index in [1.807, 2.05) is 42.9 Å². The summed E-state index contributed by atoms with van der Waals surface area (Å²) < 4.78 is 39.9. The summed E-state index contributed by atoms with van der Waals surface area (Å²) in [7, 11) is 1.87. The van der Waals surface area contributed by atoms with Crippen LogP contribution < -0.4 is 5.32 Å². The summed E-state index contributed by atoms with van der Waals surface area (Å²) in [6.07, 6.45) is 0.356. The lowest BCUT2D eigenvalue weighted by atomic mass is 10.1. The first-order valence-corrected chi connectivity index (χ1v) is 8.94. The van der Waals surface area contributed by atoms with Crippen molar-refractivity contribution in [2.45, 2.75) is 39.5 Å². The minimum Gasteiger partial charge on any atom is -0.357 e. The van der Waals surface area contributed by atoms with Gasteiger partial charge in [0.1, 0.15) is 0 Å². The molecule has 0 unspecified atom stereocenters. The average Bonchev–Trinajstić information content (AvgIpc) is 3.02. The number of alkyl halides is 3. The Morgan fingerprint density at radius 2 is 1.96 bits per heavy atom. The van der Waals surface area contributed by atoms with Crippen LogP contribution in [0.5, 0.6) is 0 Å². The highest BCUT2D eigenvalue weighted by atomic mass is 19.4. The zero-order valence-electron chi connectivity index (χ0n) is 15.9. The molecule has 0 amide bonds. The highest BCUT2D eigenvalue weighted by molar-refractivity contribution is 5.79. The molecule has 0 radical (unpaired) electrons. The molecule has 5 nitrogen and oxygen atoms in total. The van der Waals surface area contributed by atoms with Crippen LogP contribution in [0.25, 0.3) is 0 Å². The SMILES string of the molecule is CCNC(=NCCCn1cc(C)cn1)N(C)Cc1ccc(C(F)(F)F)cc1. The molecule has 0 aliphatic heterocycles. The van der Waals surface area contributed by atoms with Crippen molar-refractivity contribution >= 4 is 5.96 Å². The Labute approximate surface area is 157 Å². The van der Waals surface area contributed by atoms with Crippen LogP contribution in [0.1, 0.15) is 30.0 Å². The highest BCUT2D eigenvalue weighted by Gasteiger charge is 2.29. The molecule has 1 aromatic heterocycles. The van der Waals surface area contributed by atoms with Gasteiger partial charge in [0.15, 0.2) is 5.96 Å². The monoisotopic (exact) mass is 381 g/mol. The van der Waals surface area contributed by atoms with Gasteiger partial charge in [0, 0.05) is 39.4 Å². The van der Waals surface area contributed by atoms with Gasteiger partial charge in [-0.2, -0.15) is 18.3 Å². The van der Waals surface area contributed by atoms with Gasteiger partial charge in [-0.25, -0.2) is 0 Å². The average molecular weight is 381 g/mol. The summed E-state index contributed by atoms with van der Waals surface area (Å²) in [5, 5.41) is 7.46.